The van der Waals surface area contributed by atoms with E-state index in [1.165, 1.54) is 12.1 Å². The monoisotopic (exact) mass is 444 g/mol. The number of rotatable bonds is 8. The number of nitrogen functional groups attached to an aromatic ring is 1. The second-order valence-corrected chi connectivity index (χ2v) is 7.02. The Morgan fingerprint density at radius 2 is 1.64 bits per heavy atom. The van der Waals surface area contributed by atoms with E-state index in [1.807, 2.05) is 30.3 Å². The van der Waals surface area contributed by atoms with E-state index in [9.17, 15) is 9.18 Å². The molecule has 0 aliphatic carbocycles. The Kier molecular flexibility index (Phi) is 6.70. The van der Waals surface area contributed by atoms with Crippen LogP contribution in [0.4, 0.5) is 22.0 Å². The zero-order chi connectivity index (χ0) is 23.0. The van der Waals surface area contributed by atoms with Crippen molar-refractivity contribution >= 4 is 23.5 Å². The SMILES string of the molecule is Nc1nc(COc2ccccc2C(=O)NCc2ccccc2)nc(Nc2ccc(F)cc2)n1. The van der Waals surface area contributed by atoms with Crippen molar-refractivity contribution in [2.24, 2.45) is 0 Å². The molecule has 166 valence electrons. The fraction of sp³-hybridized carbons (Fsp3) is 0.0833. The van der Waals surface area contributed by atoms with Gasteiger partial charge in [-0.3, -0.25) is 4.79 Å². The molecule has 0 spiro atoms. The second-order valence-electron chi connectivity index (χ2n) is 7.02. The Morgan fingerprint density at radius 3 is 2.42 bits per heavy atom. The summed E-state index contributed by atoms with van der Waals surface area (Å²) >= 11 is 0. The molecular weight excluding hydrogens is 423 g/mol. The van der Waals surface area contributed by atoms with E-state index < -0.39 is 0 Å². The summed E-state index contributed by atoms with van der Waals surface area (Å²) in [6.07, 6.45) is 0. The van der Waals surface area contributed by atoms with Gasteiger partial charge in [0.15, 0.2) is 5.82 Å². The lowest BCUT2D eigenvalue weighted by molar-refractivity contribution is 0.0946. The molecule has 33 heavy (non-hydrogen) atoms. The van der Waals surface area contributed by atoms with Crippen molar-refractivity contribution in [2.75, 3.05) is 11.1 Å². The van der Waals surface area contributed by atoms with Crippen molar-refractivity contribution in [3.63, 3.8) is 0 Å². The van der Waals surface area contributed by atoms with Gasteiger partial charge in [0, 0.05) is 12.2 Å². The number of hydrogen-bond donors (Lipinski definition) is 3. The van der Waals surface area contributed by atoms with Crippen molar-refractivity contribution in [3.8, 4) is 5.75 Å². The maximum Gasteiger partial charge on any atom is 0.255 e. The zero-order valence-corrected chi connectivity index (χ0v) is 17.5. The molecule has 1 heterocycles. The quantitative estimate of drug-likeness (QED) is 0.378. The summed E-state index contributed by atoms with van der Waals surface area (Å²) in [5, 5.41) is 5.83. The van der Waals surface area contributed by atoms with Crippen LogP contribution in [0.1, 0.15) is 21.7 Å². The normalized spacial score (nSPS) is 10.5. The third kappa shape index (κ3) is 6.01. The van der Waals surface area contributed by atoms with Crippen LogP contribution in [0, 0.1) is 5.82 Å². The molecule has 0 fully saturated rings. The topological polar surface area (TPSA) is 115 Å². The standard InChI is InChI=1S/C24H21FN6O2/c25-17-10-12-18(13-11-17)28-24-30-21(29-23(26)31-24)15-33-20-9-5-4-8-19(20)22(32)27-14-16-6-2-1-3-7-16/h1-13H,14-15H2,(H,27,32)(H3,26,28,29,30,31). The number of nitrogens with two attached hydrogens (primary N) is 1. The minimum absolute atomic E-state index is 0.00195. The van der Waals surface area contributed by atoms with Gasteiger partial charge in [-0.2, -0.15) is 15.0 Å². The van der Waals surface area contributed by atoms with E-state index in [1.54, 1.807) is 36.4 Å². The van der Waals surface area contributed by atoms with E-state index in [0.29, 0.717) is 23.5 Å². The number of amides is 1. The third-order valence-corrected chi connectivity index (χ3v) is 4.58. The molecule has 0 aliphatic heterocycles. The summed E-state index contributed by atoms with van der Waals surface area (Å²) in [7, 11) is 0. The maximum atomic E-state index is 13.1. The van der Waals surface area contributed by atoms with E-state index >= 15 is 0 Å². The molecule has 0 saturated heterocycles. The first-order valence-corrected chi connectivity index (χ1v) is 10.1. The number of nitrogens with zero attached hydrogens (tertiary/aromatic N) is 3. The number of halogens is 1. The van der Waals surface area contributed by atoms with E-state index in [4.69, 9.17) is 10.5 Å². The van der Waals surface area contributed by atoms with Gasteiger partial charge in [0.1, 0.15) is 18.2 Å². The van der Waals surface area contributed by atoms with Crippen LogP contribution in [0.25, 0.3) is 0 Å². The Morgan fingerprint density at radius 1 is 0.909 bits per heavy atom. The maximum absolute atomic E-state index is 13.1. The van der Waals surface area contributed by atoms with Gasteiger partial charge in [-0.1, -0.05) is 42.5 Å². The Balaban J connectivity index is 1.43. The molecule has 1 amide bonds. The third-order valence-electron chi connectivity index (χ3n) is 4.58. The predicted molar refractivity (Wildman–Crippen MR) is 122 cm³/mol. The minimum Gasteiger partial charge on any atom is -0.485 e. The molecule has 4 N–H and O–H groups in total. The molecule has 4 aromatic rings. The summed E-state index contributed by atoms with van der Waals surface area (Å²) in [5.41, 5.74) is 7.77. The van der Waals surface area contributed by atoms with Crippen molar-refractivity contribution in [1.82, 2.24) is 20.3 Å². The fourth-order valence-corrected chi connectivity index (χ4v) is 3.02. The number of nitrogens with one attached hydrogen (secondary N) is 2. The average molecular weight is 444 g/mol. The smallest absolute Gasteiger partial charge is 0.255 e. The van der Waals surface area contributed by atoms with Gasteiger partial charge in [-0.05, 0) is 42.0 Å². The molecule has 9 heteroatoms. The number of benzene rings is 3. The number of hydrogen-bond acceptors (Lipinski definition) is 7. The lowest BCUT2D eigenvalue weighted by Gasteiger charge is -2.12. The van der Waals surface area contributed by atoms with E-state index in [2.05, 4.69) is 25.6 Å². The first-order valence-electron chi connectivity index (χ1n) is 10.1. The number of aromatic nitrogens is 3. The Bertz CT molecular complexity index is 1240. The summed E-state index contributed by atoms with van der Waals surface area (Å²) < 4.78 is 18.9. The molecule has 3 aromatic carbocycles. The summed E-state index contributed by atoms with van der Waals surface area (Å²) in [6, 6.07) is 22.3. The van der Waals surface area contributed by atoms with Crippen molar-refractivity contribution in [1.29, 1.82) is 0 Å². The lowest BCUT2D eigenvalue weighted by Crippen LogP contribution is -2.23. The van der Waals surface area contributed by atoms with Crippen LogP contribution in [-0.4, -0.2) is 20.9 Å². The molecule has 0 unspecified atom stereocenters. The zero-order valence-electron chi connectivity index (χ0n) is 17.5. The lowest BCUT2D eigenvalue weighted by atomic mass is 10.1. The molecule has 0 bridgehead atoms. The van der Waals surface area contributed by atoms with Gasteiger partial charge in [-0.25, -0.2) is 4.39 Å². The number of carbonyl (C=O) groups is 1. The number of anilines is 3. The second kappa shape index (κ2) is 10.2. The average Bonchev–Trinajstić information content (AvgIpc) is 2.83. The van der Waals surface area contributed by atoms with Gasteiger partial charge >= 0.3 is 0 Å². The first kappa shape index (κ1) is 21.7. The molecule has 1 aromatic heterocycles. The van der Waals surface area contributed by atoms with E-state index in [0.717, 1.165) is 5.56 Å². The van der Waals surface area contributed by atoms with Crippen molar-refractivity contribution in [2.45, 2.75) is 13.2 Å². The van der Waals surface area contributed by atoms with Gasteiger partial charge < -0.3 is 21.1 Å². The van der Waals surface area contributed by atoms with Crippen LogP contribution >= 0.6 is 0 Å². The van der Waals surface area contributed by atoms with E-state index in [-0.39, 0.29) is 36.1 Å². The first-order chi connectivity index (χ1) is 16.1. The number of para-hydroxylation sites is 1. The van der Waals surface area contributed by atoms with Crippen LogP contribution < -0.4 is 21.1 Å². The van der Waals surface area contributed by atoms with Gasteiger partial charge in [-0.15, -0.1) is 0 Å². The highest BCUT2D eigenvalue weighted by Crippen LogP contribution is 2.20. The molecule has 8 nitrogen and oxygen atoms in total. The van der Waals surface area contributed by atoms with Crippen LogP contribution in [0.3, 0.4) is 0 Å². The molecular formula is C24H21FN6O2. The van der Waals surface area contributed by atoms with Gasteiger partial charge in [0.05, 0.1) is 5.56 Å². The summed E-state index contributed by atoms with van der Waals surface area (Å²) in [6.45, 7) is 0.365. The van der Waals surface area contributed by atoms with Gasteiger partial charge in [0.2, 0.25) is 11.9 Å². The van der Waals surface area contributed by atoms with Crippen LogP contribution in [0.15, 0.2) is 78.9 Å². The minimum atomic E-state index is -0.351. The summed E-state index contributed by atoms with van der Waals surface area (Å²) in [4.78, 5) is 25.1. The number of carbonyl (C=O) groups excluding carboxylic acids is 1. The van der Waals surface area contributed by atoms with Crippen LogP contribution in [-0.2, 0) is 13.2 Å². The molecule has 4 rings (SSSR count). The Labute approximate surface area is 189 Å². The van der Waals surface area contributed by atoms with Crippen molar-refractivity contribution < 1.29 is 13.9 Å². The highest BCUT2D eigenvalue weighted by Gasteiger charge is 2.13. The van der Waals surface area contributed by atoms with Crippen LogP contribution in [0.2, 0.25) is 0 Å². The van der Waals surface area contributed by atoms with Gasteiger partial charge in [0.25, 0.3) is 5.91 Å². The summed E-state index contributed by atoms with van der Waals surface area (Å²) in [5.74, 6) is 0.241. The number of ether oxygens (including phenoxy) is 1. The highest BCUT2D eigenvalue weighted by molar-refractivity contribution is 5.96. The molecule has 0 saturated carbocycles. The van der Waals surface area contributed by atoms with Crippen molar-refractivity contribution in [3.05, 3.63) is 102 Å². The predicted octanol–water partition coefficient (Wildman–Crippen LogP) is 3.85. The molecule has 0 aliphatic rings. The largest absolute Gasteiger partial charge is 0.485 e. The molecule has 0 radical (unpaired) electrons. The van der Waals surface area contributed by atoms with Crippen LogP contribution in [0.5, 0.6) is 5.75 Å². The fourth-order valence-electron chi connectivity index (χ4n) is 3.02. The highest BCUT2D eigenvalue weighted by atomic mass is 19.1. The molecule has 0 atom stereocenters. The Hall–Kier alpha value is -4.53.